The lowest BCUT2D eigenvalue weighted by molar-refractivity contribution is -0.146. The van der Waals surface area contributed by atoms with Crippen molar-refractivity contribution in [1.29, 1.82) is 0 Å². The van der Waals surface area contributed by atoms with Crippen LogP contribution in [0.3, 0.4) is 0 Å². The summed E-state index contributed by atoms with van der Waals surface area (Å²) < 4.78 is 0. The average Bonchev–Trinajstić information content (AvgIpc) is 3.97. The van der Waals surface area contributed by atoms with Crippen LogP contribution in [0.2, 0.25) is 0 Å². The minimum absolute atomic E-state index is 0.000322. The van der Waals surface area contributed by atoms with Crippen LogP contribution in [-0.2, 0) is 52.7 Å². The van der Waals surface area contributed by atoms with Gasteiger partial charge >= 0.3 is 17.9 Å². The summed E-state index contributed by atoms with van der Waals surface area (Å²) in [5, 5.41) is 52.9. The molecule has 16 N–H and O–H groups in total. The van der Waals surface area contributed by atoms with Crippen molar-refractivity contribution >= 4 is 71.1 Å². The summed E-state index contributed by atoms with van der Waals surface area (Å²) in [6.45, 7) is 7.11. The van der Waals surface area contributed by atoms with E-state index < -0.39 is 164 Å². The molecule has 0 aromatic rings. The number of carbonyl (C=O) groups excluding carboxylic acids is 8. The van der Waals surface area contributed by atoms with E-state index in [9.17, 15) is 73.2 Å². The summed E-state index contributed by atoms with van der Waals surface area (Å²) in [5.41, 5.74) is 16.7. The molecule has 69 heavy (non-hydrogen) atoms. The summed E-state index contributed by atoms with van der Waals surface area (Å²) in [6.07, 6.45) is -2.33. The molecule has 0 aromatic carbocycles. The van der Waals surface area contributed by atoms with Gasteiger partial charge in [0, 0.05) is 32.5 Å². The van der Waals surface area contributed by atoms with Crippen molar-refractivity contribution in [3.63, 3.8) is 0 Å². The maximum Gasteiger partial charge on any atom is 0.326 e. The minimum Gasteiger partial charge on any atom is -0.481 e. The van der Waals surface area contributed by atoms with Crippen molar-refractivity contribution in [2.75, 3.05) is 26.2 Å². The summed E-state index contributed by atoms with van der Waals surface area (Å²) in [7, 11) is 0. The number of aliphatic imine (C=N–C) groups is 1. The highest BCUT2D eigenvalue weighted by atomic mass is 16.4. The Balaban J connectivity index is 2.27. The molecule has 0 spiro atoms. The van der Waals surface area contributed by atoms with Crippen LogP contribution in [0.15, 0.2) is 4.99 Å². The van der Waals surface area contributed by atoms with E-state index in [1.165, 1.54) is 11.8 Å². The maximum absolute atomic E-state index is 13.9. The number of nitrogens with one attached hydrogen (secondary N) is 6. The van der Waals surface area contributed by atoms with Gasteiger partial charge < -0.3 is 79.3 Å². The van der Waals surface area contributed by atoms with E-state index >= 15 is 0 Å². The Morgan fingerprint density at radius 2 is 1.10 bits per heavy atom. The van der Waals surface area contributed by atoms with Crippen molar-refractivity contribution in [3.8, 4) is 0 Å². The SMILES string of the molecule is CC(C)[C@H](NC(=O)[C@@H]1CCCN1C(=O)[C@H](CCC(=O)O)NC(=O)[C@H](CCC(=O)O)NC(=O)CNC(=O)[C@H](CCCN=C(N)N)NC(=O)[C@@H](NC(=O)[C@@H]1CCCN1C(=O)[C@@H](N)[C@@H](C)O)C(C)C)C(=O)O. The number of hydrogen-bond donors (Lipinski definition) is 13. The number of likely N-dealkylation sites (tertiary alicyclic amines) is 2. The van der Waals surface area contributed by atoms with Gasteiger partial charge in [-0.25, -0.2) is 4.79 Å². The zero-order valence-electron chi connectivity index (χ0n) is 39.6. The summed E-state index contributed by atoms with van der Waals surface area (Å²) >= 11 is 0. The molecule has 27 nitrogen and oxygen atoms in total. The molecule has 0 aliphatic carbocycles. The standard InChI is InChI=1S/C42H70N12O15/c1-20(2)32(51-36(63)27-11-8-18-54(27)40(67)31(43)22(5)55)38(65)49-23(9-6-16-46-42(44)45)34(61)47-19-28(56)48-24(12-14-29(57)58)35(62)50-25(13-15-30(59)60)39(66)53-17-7-10-26(53)37(64)52-33(21(3)4)41(68)69/h20-27,31-33,55H,6-19,43H2,1-5H3,(H,47,61)(H,48,56)(H,49,65)(H,50,62)(H,51,63)(H,52,64)(H,57,58)(H,59,60)(H,68,69)(H4,44,45,46)/t22-,23+,24+,25+,26+,27+,31+,32+,33+/m1/s1. The monoisotopic (exact) mass is 983 g/mol. The first-order chi connectivity index (χ1) is 32.3. The first kappa shape index (κ1) is 58.5. The first-order valence-electron chi connectivity index (χ1n) is 22.8. The topological polar surface area (TPSA) is 438 Å². The molecule has 2 heterocycles. The van der Waals surface area contributed by atoms with E-state index in [1.54, 1.807) is 27.7 Å². The van der Waals surface area contributed by atoms with Crippen LogP contribution in [0.25, 0.3) is 0 Å². The summed E-state index contributed by atoms with van der Waals surface area (Å²) in [6, 6.07) is -10.6. The van der Waals surface area contributed by atoms with Gasteiger partial charge in [0.2, 0.25) is 47.3 Å². The van der Waals surface area contributed by atoms with Crippen molar-refractivity contribution in [1.82, 2.24) is 41.7 Å². The molecule has 2 aliphatic heterocycles. The van der Waals surface area contributed by atoms with Gasteiger partial charge in [-0.05, 0) is 70.1 Å². The van der Waals surface area contributed by atoms with Crippen molar-refractivity contribution in [2.24, 2.45) is 34.0 Å². The molecular weight excluding hydrogens is 913 g/mol. The molecular formula is C42H70N12O15. The molecule has 2 fully saturated rings. The number of carbonyl (C=O) groups is 11. The van der Waals surface area contributed by atoms with Crippen molar-refractivity contribution < 1.29 is 73.2 Å². The number of aliphatic hydroxyl groups excluding tert-OH is 1. The van der Waals surface area contributed by atoms with E-state index in [0.29, 0.717) is 12.8 Å². The normalized spacial score (nSPS) is 18.6. The predicted octanol–water partition coefficient (Wildman–Crippen LogP) is -4.60. The van der Waals surface area contributed by atoms with E-state index in [4.69, 9.17) is 17.2 Å². The Morgan fingerprint density at radius 1 is 0.623 bits per heavy atom. The predicted molar refractivity (Wildman–Crippen MR) is 243 cm³/mol. The molecule has 27 heteroatoms. The molecule has 8 amide bonds. The van der Waals surface area contributed by atoms with Crippen molar-refractivity contribution in [2.45, 2.75) is 153 Å². The van der Waals surface area contributed by atoms with Gasteiger partial charge in [0.05, 0.1) is 12.6 Å². The van der Waals surface area contributed by atoms with Crippen LogP contribution in [0.5, 0.6) is 0 Å². The third-order valence-corrected chi connectivity index (χ3v) is 11.5. The molecule has 2 rings (SSSR count). The maximum atomic E-state index is 13.9. The Kier molecular flexibility index (Phi) is 23.7. The van der Waals surface area contributed by atoms with Gasteiger partial charge in [-0.3, -0.25) is 52.9 Å². The van der Waals surface area contributed by atoms with Gasteiger partial charge in [-0.2, -0.15) is 0 Å². The Labute approximate surface area is 398 Å². The van der Waals surface area contributed by atoms with Crippen LogP contribution in [0, 0.1) is 11.8 Å². The zero-order chi connectivity index (χ0) is 52.3. The Hall–Kier alpha value is -6.64. The van der Waals surface area contributed by atoms with Gasteiger partial charge in [0.25, 0.3) is 0 Å². The summed E-state index contributed by atoms with van der Waals surface area (Å²) in [4.78, 5) is 149. The quantitative estimate of drug-likeness (QED) is 0.0199. The van der Waals surface area contributed by atoms with Crippen molar-refractivity contribution in [3.05, 3.63) is 0 Å². The fourth-order valence-corrected chi connectivity index (χ4v) is 7.66. The van der Waals surface area contributed by atoms with E-state index in [0.717, 1.165) is 4.90 Å². The minimum atomic E-state index is -1.66. The number of aliphatic hydroxyl groups is 1. The lowest BCUT2D eigenvalue weighted by Crippen LogP contribution is -2.59. The van der Waals surface area contributed by atoms with Crippen LogP contribution in [0.1, 0.15) is 98.8 Å². The third-order valence-electron chi connectivity index (χ3n) is 11.5. The second-order valence-electron chi connectivity index (χ2n) is 17.7. The lowest BCUT2D eigenvalue weighted by Gasteiger charge is -2.30. The Morgan fingerprint density at radius 3 is 1.58 bits per heavy atom. The highest BCUT2D eigenvalue weighted by molar-refractivity contribution is 5.98. The second-order valence-corrected chi connectivity index (χ2v) is 17.7. The highest BCUT2D eigenvalue weighted by Gasteiger charge is 2.41. The van der Waals surface area contributed by atoms with Gasteiger partial charge in [0.15, 0.2) is 5.96 Å². The van der Waals surface area contributed by atoms with Crippen LogP contribution < -0.4 is 49.1 Å². The molecule has 388 valence electrons. The van der Waals surface area contributed by atoms with Gasteiger partial charge in [0.1, 0.15) is 48.3 Å². The van der Waals surface area contributed by atoms with E-state index in [2.05, 4.69) is 36.9 Å². The molecule has 0 saturated carbocycles. The fourth-order valence-electron chi connectivity index (χ4n) is 7.66. The summed E-state index contributed by atoms with van der Waals surface area (Å²) in [5.74, 6) is -12.1. The van der Waals surface area contributed by atoms with E-state index in [1.807, 2.05) is 0 Å². The molecule has 2 saturated heterocycles. The van der Waals surface area contributed by atoms with Crippen LogP contribution in [-0.4, -0.2) is 182 Å². The number of nitrogens with zero attached hydrogens (tertiary/aromatic N) is 3. The number of guanidine groups is 1. The highest BCUT2D eigenvalue weighted by Crippen LogP contribution is 2.22. The average molecular weight is 983 g/mol. The smallest absolute Gasteiger partial charge is 0.326 e. The second kappa shape index (κ2) is 28.0. The molecule has 9 atom stereocenters. The first-order valence-corrected chi connectivity index (χ1v) is 22.8. The molecule has 0 unspecified atom stereocenters. The number of amides is 8. The third kappa shape index (κ3) is 18.8. The van der Waals surface area contributed by atoms with Gasteiger partial charge in [-0.1, -0.05) is 27.7 Å². The number of carboxylic acid groups (broad SMARTS) is 3. The van der Waals surface area contributed by atoms with Gasteiger partial charge in [-0.15, -0.1) is 0 Å². The number of hydrogen-bond acceptors (Lipinski definition) is 14. The lowest BCUT2D eigenvalue weighted by atomic mass is 10.0. The number of aliphatic carboxylic acids is 3. The number of carboxylic acids is 3. The number of rotatable bonds is 28. The molecule has 0 aromatic heterocycles. The van der Waals surface area contributed by atoms with Crippen LogP contribution in [0.4, 0.5) is 0 Å². The largest absolute Gasteiger partial charge is 0.481 e. The molecule has 2 aliphatic rings. The van der Waals surface area contributed by atoms with Crippen LogP contribution >= 0.6 is 0 Å². The molecule has 0 radical (unpaired) electrons. The molecule has 0 bridgehead atoms. The zero-order valence-corrected chi connectivity index (χ0v) is 39.6. The Bertz CT molecular complexity index is 1910. The van der Waals surface area contributed by atoms with E-state index in [-0.39, 0.29) is 51.3 Å². The fraction of sp³-hybridized carbons (Fsp3) is 0.714. The number of nitrogens with two attached hydrogens (primary N) is 3.